The average Bonchev–Trinajstić information content (AvgIpc) is 3.28. The minimum Gasteiger partial charge on any atom is -0.354 e. The topological polar surface area (TPSA) is 73.5 Å². The lowest BCUT2D eigenvalue weighted by atomic mass is 9.98. The second kappa shape index (κ2) is 13.1. The van der Waals surface area contributed by atoms with Crippen LogP contribution in [0.3, 0.4) is 0 Å². The fourth-order valence-corrected chi connectivity index (χ4v) is 4.53. The first kappa shape index (κ1) is 27.1. The number of nitrogens with zero attached hydrogens (tertiary/aromatic N) is 1. The summed E-state index contributed by atoms with van der Waals surface area (Å²) in [5.41, 5.74) is 6.24. The van der Waals surface area contributed by atoms with E-state index in [0.29, 0.717) is 29.1 Å². The number of benzene rings is 3. The SMILES string of the molecule is CCCCNCc1ccc(N/C(=C2\C(=O)Nc3ccc(C(=O)N(C)CCCC)cc32)c2ccccc2)cc1. The van der Waals surface area contributed by atoms with Crippen molar-refractivity contribution in [3.8, 4) is 0 Å². The van der Waals surface area contributed by atoms with E-state index in [9.17, 15) is 9.59 Å². The molecule has 198 valence electrons. The normalized spacial score (nSPS) is 13.6. The van der Waals surface area contributed by atoms with Crippen molar-refractivity contribution < 1.29 is 9.59 Å². The predicted molar refractivity (Wildman–Crippen MR) is 157 cm³/mol. The molecule has 2 amide bonds. The molecule has 6 nitrogen and oxygen atoms in total. The van der Waals surface area contributed by atoms with Crippen LogP contribution in [0.5, 0.6) is 0 Å². The number of rotatable bonds is 12. The van der Waals surface area contributed by atoms with E-state index in [-0.39, 0.29) is 11.8 Å². The summed E-state index contributed by atoms with van der Waals surface area (Å²) in [5, 5.41) is 9.97. The van der Waals surface area contributed by atoms with Gasteiger partial charge in [0.25, 0.3) is 11.8 Å². The van der Waals surface area contributed by atoms with Crippen LogP contribution in [0.15, 0.2) is 72.8 Å². The summed E-state index contributed by atoms with van der Waals surface area (Å²) >= 11 is 0. The molecule has 0 spiro atoms. The number of hydrogen-bond donors (Lipinski definition) is 3. The molecule has 3 aromatic rings. The Hall–Kier alpha value is -3.90. The maximum atomic E-state index is 13.3. The molecule has 0 aromatic heterocycles. The lowest BCUT2D eigenvalue weighted by Gasteiger charge is -2.18. The highest BCUT2D eigenvalue weighted by Gasteiger charge is 2.29. The summed E-state index contributed by atoms with van der Waals surface area (Å²) in [6.07, 6.45) is 4.32. The zero-order valence-electron chi connectivity index (χ0n) is 22.6. The Morgan fingerprint density at radius 2 is 1.63 bits per heavy atom. The highest BCUT2D eigenvalue weighted by molar-refractivity contribution is 6.37. The summed E-state index contributed by atoms with van der Waals surface area (Å²) in [7, 11) is 1.82. The zero-order valence-corrected chi connectivity index (χ0v) is 22.6. The van der Waals surface area contributed by atoms with Gasteiger partial charge in [-0.1, -0.05) is 69.2 Å². The number of nitrogens with one attached hydrogen (secondary N) is 3. The van der Waals surface area contributed by atoms with Gasteiger partial charge in [0.1, 0.15) is 0 Å². The largest absolute Gasteiger partial charge is 0.354 e. The number of amides is 2. The van der Waals surface area contributed by atoms with Gasteiger partial charge in [-0.25, -0.2) is 0 Å². The number of carbonyl (C=O) groups is 2. The van der Waals surface area contributed by atoms with Crippen LogP contribution in [0.25, 0.3) is 11.3 Å². The molecule has 0 radical (unpaired) electrons. The van der Waals surface area contributed by atoms with Crippen LogP contribution in [0.4, 0.5) is 11.4 Å². The Bertz CT molecular complexity index is 1280. The minimum atomic E-state index is -0.188. The van der Waals surface area contributed by atoms with Gasteiger partial charge in [0, 0.05) is 42.6 Å². The van der Waals surface area contributed by atoms with Crippen molar-refractivity contribution in [2.75, 3.05) is 30.8 Å². The first-order valence-corrected chi connectivity index (χ1v) is 13.6. The molecule has 0 atom stereocenters. The number of anilines is 2. The number of fused-ring (bicyclic) bond motifs is 1. The smallest absolute Gasteiger partial charge is 0.258 e. The molecule has 0 aliphatic carbocycles. The Morgan fingerprint density at radius 1 is 0.895 bits per heavy atom. The third kappa shape index (κ3) is 6.50. The molecule has 38 heavy (non-hydrogen) atoms. The van der Waals surface area contributed by atoms with Crippen LogP contribution < -0.4 is 16.0 Å². The maximum Gasteiger partial charge on any atom is 0.258 e. The van der Waals surface area contributed by atoms with E-state index < -0.39 is 0 Å². The Kier molecular flexibility index (Phi) is 9.33. The van der Waals surface area contributed by atoms with Crippen molar-refractivity contribution in [2.24, 2.45) is 0 Å². The third-order valence-corrected chi connectivity index (χ3v) is 6.78. The molecule has 0 saturated carbocycles. The lowest BCUT2D eigenvalue weighted by Crippen LogP contribution is -2.27. The van der Waals surface area contributed by atoms with Gasteiger partial charge in [0.2, 0.25) is 0 Å². The fraction of sp³-hybridized carbons (Fsp3) is 0.312. The van der Waals surface area contributed by atoms with Crippen molar-refractivity contribution in [3.05, 3.63) is 95.1 Å². The predicted octanol–water partition coefficient (Wildman–Crippen LogP) is 6.38. The standard InChI is InChI=1S/C32H38N4O2/c1-4-6-19-33-22-23-13-16-26(17-14-23)34-30(24-11-9-8-10-12-24)29-27-21-25(15-18-28(27)35-31(29)37)32(38)36(3)20-7-5-2/h8-18,21,33-34H,4-7,19-20,22H2,1-3H3,(H,35,37)/b30-29-. The van der Waals surface area contributed by atoms with E-state index in [0.717, 1.165) is 42.7 Å². The molecular formula is C32H38N4O2. The van der Waals surface area contributed by atoms with Crippen molar-refractivity contribution in [2.45, 2.75) is 46.1 Å². The van der Waals surface area contributed by atoms with Crippen LogP contribution in [0.1, 0.15) is 66.6 Å². The Morgan fingerprint density at radius 3 is 2.34 bits per heavy atom. The molecule has 3 N–H and O–H groups in total. The highest BCUT2D eigenvalue weighted by atomic mass is 16.2. The van der Waals surface area contributed by atoms with Crippen molar-refractivity contribution in [3.63, 3.8) is 0 Å². The summed E-state index contributed by atoms with van der Waals surface area (Å²) in [6, 6.07) is 23.6. The van der Waals surface area contributed by atoms with Gasteiger partial charge in [-0.05, 0) is 60.8 Å². The number of hydrogen-bond acceptors (Lipinski definition) is 4. The van der Waals surface area contributed by atoms with Crippen molar-refractivity contribution >= 4 is 34.5 Å². The van der Waals surface area contributed by atoms with Crippen molar-refractivity contribution in [1.29, 1.82) is 0 Å². The molecule has 0 saturated heterocycles. The molecule has 3 aromatic carbocycles. The van der Waals surface area contributed by atoms with E-state index in [2.05, 4.69) is 41.9 Å². The summed E-state index contributed by atoms with van der Waals surface area (Å²) in [6.45, 7) is 6.83. The van der Waals surface area contributed by atoms with Gasteiger partial charge in [-0.3, -0.25) is 9.59 Å². The van der Waals surface area contributed by atoms with Gasteiger partial charge in [0.05, 0.1) is 11.3 Å². The van der Waals surface area contributed by atoms with E-state index >= 15 is 0 Å². The van der Waals surface area contributed by atoms with Crippen LogP contribution in [-0.2, 0) is 11.3 Å². The summed E-state index contributed by atoms with van der Waals surface area (Å²) in [5.74, 6) is -0.232. The lowest BCUT2D eigenvalue weighted by molar-refractivity contribution is -0.110. The number of unbranched alkanes of at least 4 members (excludes halogenated alkanes) is 2. The summed E-state index contributed by atoms with van der Waals surface area (Å²) < 4.78 is 0. The van der Waals surface area contributed by atoms with Crippen LogP contribution in [0, 0.1) is 0 Å². The molecule has 6 heteroatoms. The van der Waals surface area contributed by atoms with Gasteiger partial charge in [0.15, 0.2) is 0 Å². The van der Waals surface area contributed by atoms with Crippen LogP contribution in [0.2, 0.25) is 0 Å². The van der Waals surface area contributed by atoms with Gasteiger partial charge < -0.3 is 20.9 Å². The summed E-state index contributed by atoms with van der Waals surface area (Å²) in [4.78, 5) is 28.1. The second-order valence-corrected chi connectivity index (χ2v) is 9.76. The van der Waals surface area contributed by atoms with Crippen LogP contribution in [-0.4, -0.2) is 36.9 Å². The Labute approximate surface area is 226 Å². The molecule has 0 fully saturated rings. The first-order chi connectivity index (χ1) is 18.5. The minimum absolute atomic E-state index is 0.0442. The van der Waals surface area contributed by atoms with Gasteiger partial charge in [-0.15, -0.1) is 0 Å². The van der Waals surface area contributed by atoms with Crippen LogP contribution >= 0.6 is 0 Å². The Balaban J connectivity index is 1.68. The molecule has 1 aliphatic rings. The van der Waals surface area contributed by atoms with Gasteiger partial charge in [-0.2, -0.15) is 0 Å². The average molecular weight is 511 g/mol. The van der Waals surface area contributed by atoms with E-state index in [1.54, 1.807) is 11.0 Å². The highest BCUT2D eigenvalue weighted by Crippen LogP contribution is 2.38. The van der Waals surface area contributed by atoms with E-state index in [4.69, 9.17) is 0 Å². The fourth-order valence-electron chi connectivity index (χ4n) is 4.53. The molecule has 1 aliphatic heterocycles. The van der Waals surface area contributed by atoms with Gasteiger partial charge >= 0.3 is 0 Å². The zero-order chi connectivity index (χ0) is 26.9. The second-order valence-electron chi connectivity index (χ2n) is 9.76. The monoisotopic (exact) mass is 510 g/mol. The molecule has 0 unspecified atom stereocenters. The molecule has 1 heterocycles. The first-order valence-electron chi connectivity index (χ1n) is 13.6. The number of carbonyl (C=O) groups excluding carboxylic acids is 2. The van der Waals surface area contributed by atoms with E-state index in [1.807, 2.05) is 61.6 Å². The van der Waals surface area contributed by atoms with Crippen molar-refractivity contribution in [1.82, 2.24) is 10.2 Å². The molecular weight excluding hydrogens is 472 g/mol. The quantitative estimate of drug-likeness (QED) is 0.195. The third-order valence-electron chi connectivity index (χ3n) is 6.78. The molecule has 0 bridgehead atoms. The van der Waals surface area contributed by atoms with E-state index in [1.165, 1.54) is 18.4 Å². The molecule has 4 rings (SSSR count). The maximum absolute atomic E-state index is 13.3.